The lowest BCUT2D eigenvalue weighted by Crippen LogP contribution is -2.44. The number of ether oxygens (including phenoxy) is 1. The number of hydrogen-bond acceptors (Lipinski definition) is 4. The zero-order valence-electron chi connectivity index (χ0n) is 8.31. The molecule has 2 N–H and O–H groups in total. The molecule has 1 atom stereocenters. The number of urea groups is 1. The Balaban J connectivity index is 2.45. The van der Waals surface area contributed by atoms with E-state index in [0.29, 0.717) is 13.0 Å². The highest BCUT2D eigenvalue weighted by atomic mass is 16.5. The summed E-state index contributed by atoms with van der Waals surface area (Å²) < 4.78 is 4.84. The van der Waals surface area contributed by atoms with Crippen molar-refractivity contribution in [3.8, 4) is 6.07 Å². The van der Waals surface area contributed by atoms with Crippen molar-refractivity contribution in [2.45, 2.75) is 25.3 Å². The molecule has 1 aliphatic rings. The van der Waals surface area contributed by atoms with Crippen LogP contribution in [0.4, 0.5) is 4.79 Å². The number of likely N-dealkylation sites (tertiary alicyclic amines) is 1. The summed E-state index contributed by atoms with van der Waals surface area (Å²) in [5.41, 5.74) is 5.11. The van der Waals surface area contributed by atoms with Crippen molar-refractivity contribution in [3.63, 3.8) is 0 Å². The Morgan fingerprint density at radius 2 is 2.33 bits per heavy atom. The first kappa shape index (κ1) is 11.3. The van der Waals surface area contributed by atoms with E-state index in [1.54, 1.807) is 0 Å². The Kier molecular flexibility index (Phi) is 3.92. The summed E-state index contributed by atoms with van der Waals surface area (Å²) in [5.74, 6) is -0.471. The minimum atomic E-state index is -0.602. The quantitative estimate of drug-likeness (QED) is 0.524. The number of esters is 1. The van der Waals surface area contributed by atoms with Gasteiger partial charge in [0.15, 0.2) is 0 Å². The van der Waals surface area contributed by atoms with Crippen molar-refractivity contribution < 1.29 is 14.3 Å². The van der Waals surface area contributed by atoms with E-state index in [1.807, 2.05) is 6.07 Å². The number of hydrogen-bond donors (Lipinski definition) is 1. The fourth-order valence-corrected chi connectivity index (χ4v) is 1.57. The summed E-state index contributed by atoms with van der Waals surface area (Å²) >= 11 is 0. The molecule has 1 aliphatic heterocycles. The molecule has 82 valence electrons. The van der Waals surface area contributed by atoms with Crippen LogP contribution in [0.2, 0.25) is 0 Å². The van der Waals surface area contributed by atoms with E-state index in [1.165, 1.54) is 4.90 Å². The summed E-state index contributed by atoms with van der Waals surface area (Å²) in [4.78, 5) is 23.7. The van der Waals surface area contributed by atoms with E-state index in [-0.39, 0.29) is 13.0 Å². The number of carbonyl (C=O) groups is 2. The molecule has 6 heteroatoms. The number of nitriles is 1. The maximum Gasteiger partial charge on any atom is 0.328 e. The van der Waals surface area contributed by atoms with Gasteiger partial charge in [-0.25, -0.2) is 9.59 Å². The summed E-state index contributed by atoms with van der Waals surface area (Å²) in [6.45, 7) is 0.561. The van der Waals surface area contributed by atoms with E-state index in [4.69, 9.17) is 15.7 Å². The molecule has 0 aromatic carbocycles. The highest BCUT2D eigenvalue weighted by Crippen LogP contribution is 2.17. The monoisotopic (exact) mass is 211 g/mol. The number of amides is 2. The Labute approximate surface area is 87.6 Å². The van der Waals surface area contributed by atoms with Gasteiger partial charge in [-0.05, 0) is 12.8 Å². The molecule has 0 unspecified atom stereocenters. The molecule has 0 radical (unpaired) electrons. The molecule has 0 spiro atoms. The largest absolute Gasteiger partial charge is 0.463 e. The Morgan fingerprint density at radius 1 is 1.60 bits per heavy atom. The predicted molar refractivity (Wildman–Crippen MR) is 50.5 cm³/mol. The Hall–Kier alpha value is -1.77. The summed E-state index contributed by atoms with van der Waals surface area (Å²) in [6, 6.07) is 0.695. The summed E-state index contributed by atoms with van der Waals surface area (Å²) in [5, 5.41) is 8.26. The minimum absolute atomic E-state index is 0.0679. The van der Waals surface area contributed by atoms with Crippen molar-refractivity contribution in [2.24, 2.45) is 5.73 Å². The van der Waals surface area contributed by atoms with Gasteiger partial charge >= 0.3 is 12.0 Å². The van der Waals surface area contributed by atoms with Gasteiger partial charge in [0.2, 0.25) is 0 Å². The maximum absolute atomic E-state index is 11.5. The molecule has 1 heterocycles. The molecule has 15 heavy (non-hydrogen) atoms. The smallest absolute Gasteiger partial charge is 0.328 e. The SMILES string of the molecule is N#CCCOC(=O)[C@@H]1CCCN1C(N)=O. The normalized spacial score (nSPS) is 19.7. The van der Waals surface area contributed by atoms with Gasteiger partial charge in [-0.15, -0.1) is 0 Å². The second-order valence-corrected chi connectivity index (χ2v) is 3.27. The fourth-order valence-electron chi connectivity index (χ4n) is 1.57. The Bertz CT molecular complexity index is 297. The van der Waals surface area contributed by atoms with Crippen LogP contribution in [0.3, 0.4) is 0 Å². The van der Waals surface area contributed by atoms with Crippen molar-refractivity contribution in [3.05, 3.63) is 0 Å². The van der Waals surface area contributed by atoms with Crippen LogP contribution < -0.4 is 5.73 Å². The lowest BCUT2D eigenvalue weighted by Gasteiger charge is -2.20. The number of carbonyl (C=O) groups excluding carboxylic acids is 2. The van der Waals surface area contributed by atoms with Crippen molar-refractivity contribution in [2.75, 3.05) is 13.2 Å². The van der Waals surface area contributed by atoms with Crippen molar-refractivity contribution >= 4 is 12.0 Å². The molecular formula is C9H13N3O3. The second-order valence-electron chi connectivity index (χ2n) is 3.27. The highest BCUT2D eigenvalue weighted by Gasteiger charge is 2.33. The molecule has 0 bridgehead atoms. The molecular weight excluding hydrogens is 198 g/mol. The van der Waals surface area contributed by atoms with Crippen LogP contribution in [0.5, 0.6) is 0 Å². The van der Waals surface area contributed by atoms with Crippen molar-refractivity contribution in [1.82, 2.24) is 4.90 Å². The van der Waals surface area contributed by atoms with Gasteiger partial charge in [0, 0.05) is 6.54 Å². The lowest BCUT2D eigenvalue weighted by atomic mass is 10.2. The van der Waals surface area contributed by atoms with Gasteiger partial charge < -0.3 is 15.4 Å². The van der Waals surface area contributed by atoms with Gasteiger partial charge in [0.1, 0.15) is 12.6 Å². The molecule has 2 amide bonds. The van der Waals surface area contributed by atoms with E-state index in [2.05, 4.69) is 0 Å². The van der Waals surface area contributed by atoms with Gasteiger partial charge in [-0.1, -0.05) is 0 Å². The van der Waals surface area contributed by atoms with Crippen LogP contribution in [-0.2, 0) is 9.53 Å². The number of nitrogens with zero attached hydrogens (tertiary/aromatic N) is 2. The zero-order chi connectivity index (χ0) is 11.3. The van der Waals surface area contributed by atoms with Gasteiger partial charge in [-0.2, -0.15) is 5.26 Å². The Morgan fingerprint density at radius 3 is 2.93 bits per heavy atom. The molecule has 1 fully saturated rings. The third kappa shape index (κ3) is 2.84. The molecule has 0 aliphatic carbocycles. The molecule has 1 saturated heterocycles. The van der Waals surface area contributed by atoms with Crippen LogP contribution >= 0.6 is 0 Å². The molecule has 1 rings (SSSR count). The zero-order valence-corrected chi connectivity index (χ0v) is 8.31. The van der Waals surface area contributed by atoms with Crippen LogP contribution in [0.15, 0.2) is 0 Å². The van der Waals surface area contributed by atoms with E-state index >= 15 is 0 Å². The van der Waals surface area contributed by atoms with E-state index in [0.717, 1.165) is 6.42 Å². The summed E-state index contributed by atoms with van der Waals surface area (Å²) in [6.07, 6.45) is 1.49. The summed E-state index contributed by atoms with van der Waals surface area (Å²) in [7, 11) is 0. The third-order valence-corrected chi connectivity index (χ3v) is 2.27. The number of primary amides is 1. The average Bonchev–Trinajstić information content (AvgIpc) is 2.66. The van der Waals surface area contributed by atoms with Crippen molar-refractivity contribution in [1.29, 1.82) is 5.26 Å². The highest BCUT2D eigenvalue weighted by molar-refractivity contribution is 5.83. The predicted octanol–water partition coefficient (Wildman–Crippen LogP) is -0.0136. The first-order chi connectivity index (χ1) is 7.16. The maximum atomic E-state index is 11.5. The minimum Gasteiger partial charge on any atom is -0.463 e. The van der Waals surface area contributed by atoms with Crippen LogP contribution in [0.1, 0.15) is 19.3 Å². The first-order valence-electron chi connectivity index (χ1n) is 4.76. The van der Waals surface area contributed by atoms with Gasteiger partial charge in [0.05, 0.1) is 12.5 Å². The first-order valence-corrected chi connectivity index (χ1v) is 4.76. The standard InChI is InChI=1S/C9H13N3O3/c10-4-2-6-15-8(13)7-3-1-5-12(7)9(11)14/h7H,1-3,5-6H2,(H2,11,14)/t7-/m0/s1. The van der Waals surface area contributed by atoms with Crippen LogP contribution in [0.25, 0.3) is 0 Å². The van der Waals surface area contributed by atoms with Gasteiger partial charge in [0.25, 0.3) is 0 Å². The van der Waals surface area contributed by atoms with Crippen LogP contribution in [-0.4, -0.2) is 36.1 Å². The second kappa shape index (κ2) is 5.20. The topological polar surface area (TPSA) is 96.4 Å². The average molecular weight is 211 g/mol. The molecule has 0 aromatic heterocycles. The van der Waals surface area contributed by atoms with Crippen LogP contribution in [0, 0.1) is 11.3 Å². The van der Waals surface area contributed by atoms with E-state index < -0.39 is 18.0 Å². The molecule has 6 nitrogen and oxygen atoms in total. The lowest BCUT2D eigenvalue weighted by molar-refractivity contribution is -0.147. The third-order valence-electron chi connectivity index (χ3n) is 2.27. The molecule has 0 aromatic rings. The van der Waals surface area contributed by atoms with E-state index in [9.17, 15) is 9.59 Å². The number of nitrogens with two attached hydrogens (primary N) is 1. The molecule has 0 saturated carbocycles. The van der Waals surface area contributed by atoms with Gasteiger partial charge in [-0.3, -0.25) is 0 Å². The number of rotatable bonds is 3. The fraction of sp³-hybridized carbons (Fsp3) is 0.667.